The number of benzene rings is 1. The summed E-state index contributed by atoms with van der Waals surface area (Å²) in [6.45, 7) is 6.15. The Kier molecular flexibility index (Phi) is 5.59. The Morgan fingerprint density at radius 3 is 2.72 bits per heavy atom. The molecule has 8 nitrogen and oxygen atoms in total. The monoisotopic (exact) mass is 452 g/mol. The molecule has 11 heteroatoms. The van der Waals surface area contributed by atoms with Gasteiger partial charge in [0, 0.05) is 36.3 Å². The third-order valence-corrected chi connectivity index (χ3v) is 5.37. The molecule has 0 unspecified atom stereocenters. The maximum atomic E-state index is 14.8. The van der Waals surface area contributed by atoms with Gasteiger partial charge in [0.15, 0.2) is 0 Å². The second kappa shape index (κ2) is 8.10. The first-order chi connectivity index (χ1) is 15.0. The van der Waals surface area contributed by atoms with E-state index < -0.39 is 35.7 Å². The molecule has 0 N–H and O–H groups in total. The molecule has 1 fully saturated rings. The van der Waals surface area contributed by atoms with Crippen molar-refractivity contribution in [3.8, 4) is 11.5 Å². The van der Waals surface area contributed by atoms with Crippen LogP contribution in [0.4, 0.5) is 18.0 Å². The molecule has 0 radical (unpaired) electrons. The first-order valence-electron chi connectivity index (χ1n) is 10.3. The molecule has 2 amide bonds. The van der Waals surface area contributed by atoms with Gasteiger partial charge < -0.3 is 19.0 Å². The second-order valence-corrected chi connectivity index (χ2v) is 8.89. The van der Waals surface area contributed by atoms with Crippen LogP contribution in [0.2, 0.25) is 0 Å². The van der Waals surface area contributed by atoms with E-state index in [0.29, 0.717) is 13.0 Å². The van der Waals surface area contributed by atoms with E-state index in [1.54, 1.807) is 25.7 Å². The number of fused-ring (bicyclic) bond motifs is 1. The maximum absolute atomic E-state index is 14.8. The van der Waals surface area contributed by atoms with Crippen LogP contribution < -0.4 is 0 Å². The SMILES string of the molecule is CC(C)(C)OC(=O)N1CCC[C@@H]1CN1Cc2c(F)cc(-c3nnc(C(F)F)o3)cc2C1=O. The molecule has 4 rings (SSSR count). The van der Waals surface area contributed by atoms with Crippen LogP contribution in [-0.2, 0) is 11.3 Å². The van der Waals surface area contributed by atoms with Gasteiger partial charge in [0.1, 0.15) is 11.4 Å². The first kappa shape index (κ1) is 22.1. The quantitative estimate of drug-likeness (QED) is 0.692. The number of rotatable bonds is 4. The predicted octanol–water partition coefficient (Wildman–Crippen LogP) is 4.17. The zero-order valence-corrected chi connectivity index (χ0v) is 17.9. The molecule has 2 aromatic rings. The van der Waals surface area contributed by atoms with Crippen molar-refractivity contribution in [2.75, 3.05) is 13.1 Å². The average Bonchev–Trinajstić information content (AvgIpc) is 3.41. The first-order valence-corrected chi connectivity index (χ1v) is 10.3. The van der Waals surface area contributed by atoms with Crippen molar-refractivity contribution < 1.29 is 31.9 Å². The summed E-state index contributed by atoms with van der Waals surface area (Å²) in [5, 5.41) is 6.75. The van der Waals surface area contributed by atoms with Crippen LogP contribution in [0.3, 0.4) is 0 Å². The summed E-state index contributed by atoms with van der Waals surface area (Å²) in [7, 11) is 0. The van der Waals surface area contributed by atoms with Crippen LogP contribution in [0, 0.1) is 5.82 Å². The van der Waals surface area contributed by atoms with Gasteiger partial charge in [0.05, 0.1) is 6.04 Å². The fourth-order valence-electron chi connectivity index (χ4n) is 3.97. The highest BCUT2D eigenvalue weighted by Crippen LogP contribution is 2.33. The van der Waals surface area contributed by atoms with E-state index >= 15 is 0 Å². The van der Waals surface area contributed by atoms with Gasteiger partial charge in [-0.1, -0.05) is 0 Å². The topological polar surface area (TPSA) is 88.8 Å². The summed E-state index contributed by atoms with van der Waals surface area (Å²) in [4.78, 5) is 28.6. The minimum atomic E-state index is -2.95. The molecule has 0 bridgehead atoms. The molecule has 172 valence electrons. The van der Waals surface area contributed by atoms with Gasteiger partial charge in [-0.3, -0.25) is 4.79 Å². The molecule has 3 heterocycles. The number of nitrogens with zero attached hydrogens (tertiary/aromatic N) is 4. The van der Waals surface area contributed by atoms with Crippen LogP contribution in [0.5, 0.6) is 0 Å². The number of carbonyl (C=O) groups excluding carboxylic acids is 2. The van der Waals surface area contributed by atoms with E-state index in [-0.39, 0.29) is 41.7 Å². The van der Waals surface area contributed by atoms with Gasteiger partial charge in [-0.2, -0.15) is 8.78 Å². The number of amides is 2. The van der Waals surface area contributed by atoms with Crippen molar-refractivity contribution in [2.24, 2.45) is 0 Å². The van der Waals surface area contributed by atoms with E-state index in [9.17, 15) is 22.8 Å². The zero-order chi connectivity index (χ0) is 23.2. The number of ether oxygens (including phenoxy) is 1. The molecule has 2 aliphatic heterocycles. The zero-order valence-electron chi connectivity index (χ0n) is 17.9. The molecule has 1 saturated heterocycles. The molecule has 0 saturated carbocycles. The Labute approximate surface area is 182 Å². The lowest BCUT2D eigenvalue weighted by atomic mass is 10.1. The summed E-state index contributed by atoms with van der Waals surface area (Å²) >= 11 is 0. The van der Waals surface area contributed by atoms with E-state index in [1.165, 1.54) is 11.0 Å². The van der Waals surface area contributed by atoms with E-state index in [2.05, 4.69) is 10.2 Å². The molecule has 0 aliphatic carbocycles. The van der Waals surface area contributed by atoms with E-state index in [1.807, 2.05) is 0 Å². The molecular formula is C21H23F3N4O4. The summed E-state index contributed by atoms with van der Waals surface area (Å²) in [6.07, 6.45) is -1.91. The van der Waals surface area contributed by atoms with Gasteiger partial charge in [-0.25, -0.2) is 9.18 Å². The minimum Gasteiger partial charge on any atom is -0.444 e. The Morgan fingerprint density at radius 1 is 1.31 bits per heavy atom. The lowest BCUT2D eigenvalue weighted by Gasteiger charge is -2.30. The Bertz CT molecular complexity index is 1050. The van der Waals surface area contributed by atoms with Crippen molar-refractivity contribution in [1.82, 2.24) is 20.0 Å². The number of carbonyl (C=O) groups is 2. The number of aromatic nitrogens is 2. The second-order valence-electron chi connectivity index (χ2n) is 8.89. The lowest BCUT2D eigenvalue weighted by Crippen LogP contribution is -2.45. The minimum absolute atomic E-state index is 0.0467. The number of halogens is 3. The predicted molar refractivity (Wildman–Crippen MR) is 105 cm³/mol. The largest absolute Gasteiger partial charge is 0.444 e. The van der Waals surface area contributed by atoms with Crippen LogP contribution in [0.15, 0.2) is 16.5 Å². The fourth-order valence-corrected chi connectivity index (χ4v) is 3.97. The standard InChI is InChI=1S/C21H23F3N4O4/c1-21(2,3)32-20(30)28-6-4-5-12(28)9-27-10-14-13(19(27)29)7-11(8-15(14)22)17-25-26-18(31-17)16(23)24/h7-8,12,16H,4-6,9-10H2,1-3H3/t12-/m1/s1. The molecular weight excluding hydrogens is 429 g/mol. The van der Waals surface area contributed by atoms with Gasteiger partial charge in [0.2, 0.25) is 5.89 Å². The Morgan fingerprint density at radius 2 is 2.06 bits per heavy atom. The number of alkyl halides is 2. The van der Waals surface area contributed by atoms with Crippen molar-refractivity contribution in [1.29, 1.82) is 0 Å². The van der Waals surface area contributed by atoms with Gasteiger partial charge in [-0.15, -0.1) is 10.2 Å². The Balaban J connectivity index is 1.52. The molecule has 0 spiro atoms. The number of hydrogen-bond acceptors (Lipinski definition) is 6. The van der Waals surface area contributed by atoms with Crippen molar-refractivity contribution >= 4 is 12.0 Å². The summed E-state index contributed by atoms with van der Waals surface area (Å²) in [5.74, 6) is -2.25. The van der Waals surface area contributed by atoms with Crippen molar-refractivity contribution in [3.63, 3.8) is 0 Å². The third kappa shape index (κ3) is 4.28. The van der Waals surface area contributed by atoms with Crippen LogP contribution in [0.1, 0.15) is 61.9 Å². The Hall–Kier alpha value is -3.11. The molecule has 2 aliphatic rings. The summed E-state index contributed by atoms with van der Waals surface area (Å²) in [5.41, 5.74) is -0.276. The number of likely N-dealkylation sites (tertiary alicyclic amines) is 1. The highest BCUT2D eigenvalue weighted by atomic mass is 19.3. The lowest BCUT2D eigenvalue weighted by molar-refractivity contribution is 0.0193. The van der Waals surface area contributed by atoms with Gasteiger partial charge in [-0.05, 0) is 45.7 Å². The highest BCUT2D eigenvalue weighted by molar-refractivity contribution is 5.99. The molecule has 1 aromatic carbocycles. The molecule has 1 atom stereocenters. The molecule has 1 aromatic heterocycles. The summed E-state index contributed by atoms with van der Waals surface area (Å²) < 4.78 is 50.5. The van der Waals surface area contributed by atoms with Crippen LogP contribution >= 0.6 is 0 Å². The van der Waals surface area contributed by atoms with Crippen molar-refractivity contribution in [2.45, 2.75) is 58.2 Å². The van der Waals surface area contributed by atoms with Crippen LogP contribution in [0.25, 0.3) is 11.5 Å². The van der Waals surface area contributed by atoms with E-state index in [0.717, 1.165) is 12.5 Å². The van der Waals surface area contributed by atoms with Crippen molar-refractivity contribution in [3.05, 3.63) is 35.0 Å². The summed E-state index contributed by atoms with van der Waals surface area (Å²) in [6, 6.07) is 2.21. The van der Waals surface area contributed by atoms with Crippen LogP contribution in [-0.4, -0.2) is 56.7 Å². The smallest absolute Gasteiger partial charge is 0.410 e. The van der Waals surface area contributed by atoms with E-state index in [4.69, 9.17) is 9.15 Å². The molecule has 32 heavy (non-hydrogen) atoms. The normalized spacial score (nSPS) is 18.6. The van der Waals surface area contributed by atoms with Gasteiger partial charge >= 0.3 is 12.5 Å². The van der Waals surface area contributed by atoms with Gasteiger partial charge in [0.25, 0.3) is 11.8 Å². The number of hydrogen-bond donors (Lipinski definition) is 0. The average molecular weight is 452 g/mol. The highest BCUT2D eigenvalue weighted by Gasteiger charge is 2.38. The maximum Gasteiger partial charge on any atom is 0.410 e. The fraction of sp³-hybridized carbons (Fsp3) is 0.524. The third-order valence-electron chi connectivity index (χ3n) is 5.37.